The summed E-state index contributed by atoms with van der Waals surface area (Å²) in [5.41, 5.74) is 1.18. The third kappa shape index (κ3) is 4.88. The minimum Gasteiger partial charge on any atom is -0.341 e. The average Bonchev–Trinajstić information content (AvgIpc) is 2.93. The van der Waals surface area contributed by atoms with Crippen LogP contribution in [0.15, 0.2) is 30.3 Å². The molecule has 1 N–H and O–H groups in total. The normalized spacial score (nSPS) is 18.5. The van der Waals surface area contributed by atoms with E-state index in [2.05, 4.69) is 17.4 Å². The molecule has 0 unspecified atom stereocenters. The Morgan fingerprint density at radius 2 is 2.21 bits per heavy atom. The Hall–Kier alpha value is -1.00. The van der Waals surface area contributed by atoms with Gasteiger partial charge in [-0.2, -0.15) is 11.8 Å². The number of nitrogens with zero attached hydrogens (tertiary/aromatic N) is 1. The maximum Gasteiger partial charge on any atom is 0.223 e. The van der Waals surface area contributed by atoms with E-state index in [1.807, 2.05) is 37.0 Å². The topological polar surface area (TPSA) is 32.3 Å². The van der Waals surface area contributed by atoms with Crippen molar-refractivity contribution in [3.63, 3.8) is 0 Å². The molecule has 1 amide bonds. The zero-order valence-corrected chi connectivity index (χ0v) is 12.3. The van der Waals surface area contributed by atoms with Crippen molar-refractivity contribution in [3.05, 3.63) is 35.9 Å². The standard InChI is InChI=1S/C15H22N2OS/c1-17(11-13-5-3-2-4-6-13)15(18)7-9-16-14-8-10-19-12-14/h2-6,14,16H,7-12H2,1H3/t14-/m1/s1. The largest absolute Gasteiger partial charge is 0.341 e. The molecule has 2 rings (SSSR count). The molecule has 19 heavy (non-hydrogen) atoms. The first-order chi connectivity index (χ1) is 9.25. The van der Waals surface area contributed by atoms with Gasteiger partial charge in [-0.05, 0) is 17.7 Å². The average molecular weight is 278 g/mol. The van der Waals surface area contributed by atoms with Crippen molar-refractivity contribution in [2.75, 3.05) is 25.1 Å². The smallest absolute Gasteiger partial charge is 0.223 e. The van der Waals surface area contributed by atoms with Crippen molar-refractivity contribution in [2.45, 2.75) is 25.4 Å². The van der Waals surface area contributed by atoms with Gasteiger partial charge in [0.25, 0.3) is 0 Å². The molecule has 1 aromatic rings. The van der Waals surface area contributed by atoms with E-state index in [4.69, 9.17) is 0 Å². The summed E-state index contributed by atoms with van der Waals surface area (Å²) >= 11 is 1.99. The van der Waals surface area contributed by atoms with Crippen LogP contribution in [0, 0.1) is 0 Å². The van der Waals surface area contributed by atoms with Crippen LogP contribution in [0.2, 0.25) is 0 Å². The summed E-state index contributed by atoms with van der Waals surface area (Å²) in [4.78, 5) is 13.8. The van der Waals surface area contributed by atoms with E-state index in [0.717, 1.165) is 6.54 Å². The van der Waals surface area contributed by atoms with Crippen molar-refractivity contribution in [3.8, 4) is 0 Å². The Balaban J connectivity index is 1.67. The van der Waals surface area contributed by atoms with E-state index in [0.29, 0.717) is 19.0 Å². The Bertz CT molecular complexity index is 390. The second-order valence-corrected chi connectivity index (χ2v) is 6.15. The van der Waals surface area contributed by atoms with E-state index in [-0.39, 0.29) is 5.91 Å². The molecule has 0 saturated carbocycles. The highest BCUT2D eigenvalue weighted by molar-refractivity contribution is 7.99. The molecular formula is C15H22N2OS. The van der Waals surface area contributed by atoms with Gasteiger partial charge >= 0.3 is 0 Å². The van der Waals surface area contributed by atoms with Crippen molar-refractivity contribution in [1.29, 1.82) is 0 Å². The third-order valence-corrected chi connectivity index (χ3v) is 4.55. The Morgan fingerprint density at radius 1 is 1.42 bits per heavy atom. The van der Waals surface area contributed by atoms with E-state index < -0.39 is 0 Å². The van der Waals surface area contributed by atoms with Gasteiger partial charge in [-0.1, -0.05) is 30.3 Å². The molecule has 0 aliphatic carbocycles. The van der Waals surface area contributed by atoms with E-state index in [9.17, 15) is 4.79 Å². The second kappa shape index (κ2) is 7.56. The lowest BCUT2D eigenvalue weighted by atomic mass is 10.2. The van der Waals surface area contributed by atoms with E-state index >= 15 is 0 Å². The minimum atomic E-state index is 0.210. The molecule has 0 aromatic heterocycles. The number of hydrogen-bond donors (Lipinski definition) is 1. The Kier molecular flexibility index (Phi) is 5.73. The van der Waals surface area contributed by atoms with Gasteiger partial charge in [-0.3, -0.25) is 4.79 Å². The van der Waals surface area contributed by atoms with Gasteiger partial charge in [-0.25, -0.2) is 0 Å². The number of carbonyl (C=O) groups is 1. The molecule has 0 radical (unpaired) electrons. The van der Waals surface area contributed by atoms with Gasteiger partial charge in [0.15, 0.2) is 0 Å². The van der Waals surface area contributed by atoms with Crippen LogP contribution in [0.25, 0.3) is 0 Å². The first-order valence-corrected chi connectivity index (χ1v) is 8.00. The number of amides is 1. The minimum absolute atomic E-state index is 0.210. The predicted molar refractivity (Wildman–Crippen MR) is 81.3 cm³/mol. The van der Waals surface area contributed by atoms with Crippen LogP contribution in [-0.2, 0) is 11.3 Å². The van der Waals surface area contributed by atoms with Crippen molar-refractivity contribution in [1.82, 2.24) is 10.2 Å². The molecule has 1 atom stereocenters. The van der Waals surface area contributed by atoms with Crippen molar-refractivity contribution < 1.29 is 4.79 Å². The molecule has 104 valence electrons. The second-order valence-electron chi connectivity index (χ2n) is 5.00. The highest BCUT2D eigenvalue weighted by atomic mass is 32.2. The Labute approximate surface area is 119 Å². The first kappa shape index (κ1) is 14.4. The van der Waals surface area contributed by atoms with Gasteiger partial charge in [0.2, 0.25) is 5.91 Å². The molecule has 0 bridgehead atoms. The lowest BCUT2D eigenvalue weighted by Crippen LogP contribution is -2.34. The van der Waals surface area contributed by atoms with E-state index in [1.165, 1.54) is 23.5 Å². The van der Waals surface area contributed by atoms with Gasteiger partial charge in [0.05, 0.1) is 0 Å². The molecule has 1 heterocycles. The third-order valence-electron chi connectivity index (χ3n) is 3.39. The van der Waals surface area contributed by atoms with Crippen LogP contribution in [0.5, 0.6) is 0 Å². The van der Waals surface area contributed by atoms with Gasteiger partial charge < -0.3 is 10.2 Å². The van der Waals surface area contributed by atoms with Gasteiger partial charge in [-0.15, -0.1) is 0 Å². The monoisotopic (exact) mass is 278 g/mol. The number of benzene rings is 1. The molecule has 1 aliphatic heterocycles. The van der Waals surface area contributed by atoms with E-state index in [1.54, 1.807) is 4.90 Å². The summed E-state index contributed by atoms with van der Waals surface area (Å²) in [6.45, 7) is 1.49. The predicted octanol–water partition coefficient (Wildman–Crippen LogP) is 2.13. The summed E-state index contributed by atoms with van der Waals surface area (Å²) in [7, 11) is 1.88. The summed E-state index contributed by atoms with van der Waals surface area (Å²) in [5, 5.41) is 3.46. The van der Waals surface area contributed by atoms with Crippen LogP contribution in [0.4, 0.5) is 0 Å². The molecule has 1 saturated heterocycles. The molecule has 1 fully saturated rings. The van der Waals surface area contributed by atoms with Crippen molar-refractivity contribution in [2.24, 2.45) is 0 Å². The highest BCUT2D eigenvalue weighted by Gasteiger charge is 2.15. The van der Waals surface area contributed by atoms with Crippen LogP contribution in [0.1, 0.15) is 18.4 Å². The number of carbonyl (C=O) groups excluding carboxylic acids is 1. The Morgan fingerprint density at radius 3 is 2.89 bits per heavy atom. The highest BCUT2D eigenvalue weighted by Crippen LogP contribution is 2.16. The fraction of sp³-hybridized carbons (Fsp3) is 0.533. The summed E-state index contributed by atoms with van der Waals surface area (Å²) in [6, 6.07) is 10.7. The van der Waals surface area contributed by atoms with Crippen LogP contribution in [0.3, 0.4) is 0 Å². The summed E-state index contributed by atoms with van der Waals surface area (Å²) in [6.07, 6.45) is 1.82. The fourth-order valence-electron chi connectivity index (χ4n) is 2.22. The lowest BCUT2D eigenvalue weighted by molar-refractivity contribution is -0.130. The zero-order valence-electron chi connectivity index (χ0n) is 11.5. The van der Waals surface area contributed by atoms with Crippen molar-refractivity contribution >= 4 is 17.7 Å². The first-order valence-electron chi connectivity index (χ1n) is 6.85. The lowest BCUT2D eigenvalue weighted by Gasteiger charge is -2.18. The molecule has 1 aromatic carbocycles. The molecule has 0 spiro atoms. The maximum atomic E-state index is 12.0. The molecule has 3 nitrogen and oxygen atoms in total. The van der Waals surface area contributed by atoms with Crippen LogP contribution in [-0.4, -0.2) is 41.9 Å². The maximum absolute atomic E-state index is 12.0. The summed E-state index contributed by atoms with van der Waals surface area (Å²) < 4.78 is 0. The SMILES string of the molecule is CN(Cc1ccccc1)C(=O)CCN[C@@H]1CCSC1. The molecule has 4 heteroatoms. The quantitative estimate of drug-likeness (QED) is 0.865. The fourth-order valence-corrected chi connectivity index (χ4v) is 3.40. The zero-order chi connectivity index (χ0) is 13.5. The molecular weight excluding hydrogens is 256 g/mol. The summed E-state index contributed by atoms with van der Waals surface area (Å²) in [5.74, 6) is 2.65. The number of rotatable bonds is 6. The number of thioether (sulfide) groups is 1. The van der Waals surface area contributed by atoms with Gasteiger partial charge in [0, 0.05) is 38.4 Å². The number of hydrogen-bond acceptors (Lipinski definition) is 3. The number of nitrogens with one attached hydrogen (secondary N) is 1. The van der Waals surface area contributed by atoms with Gasteiger partial charge in [0.1, 0.15) is 0 Å². The molecule has 1 aliphatic rings. The van der Waals surface area contributed by atoms with Crippen LogP contribution < -0.4 is 5.32 Å². The van der Waals surface area contributed by atoms with Crippen LogP contribution >= 0.6 is 11.8 Å².